The highest BCUT2D eigenvalue weighted by atomic mass is 32.2. The van der Waals surface area contributed by atoms with E-state index < -0.39 is 16.0 Å². The molecule has 2 rings (SSSR count). The van der Waals surface area contributed by atoms with E-state index in [4.69, 9.17) is 5.11 Å². The summed E-state index contributed by atoms with van der Waals surface area (Å²) in [4.78, 5) is 11.2. The lowest BCUT2D eigenvalue weighted by molar-refractivity contribution is -0.141. The number of nitrogens with one attached hydrogen (secondary N) is 1. The van der Waals surface area contributed by atoms with Crippen molar-refractivity contribution in [2.75, 3.05) is 19.4 Å². The summed E-state index contributed by atoms with van der Waals surface area (Å²) in [5, 5.41) is 12.2. The minimum atomic E-state index is -3.52. The molecule has 0 aliphatic heterocycles. The Hall–Kier alpha value is -1.60. The number of hydrogen-bond donors (Lipinski definition) is 2. The third-order valence-electron chi connectivity index (χ3n) is 3.79. The van der Waals surface area contributed by atoms with Gasteiger partial charge in [0.05, 0.1) is 11.6 Å². The van der Waals surface area contributed by atoms with Gasteiger partial charge in [0.1, 0.15) is 4.90 Å². The molecule has 0 unspecified atom stereocenters. The van der Waals surface area contributed by atoms with Gasteiger partial charge in [0.25, 0.3) is 0 Å². The number of sulfonamides is 1. The normalized spacial score (nSPS) is 22.4. The van der Waals surface area contributed by atoms with E-state index in [1.54, 1.807) is 24.3 Å². The molecular weight excluding hydrogens is 292 g/mol. The van der Waals surface area contributed by atoms with Crippen LogP contribution in [0.1, 0.15) is 19.3 Å². The zero-order valence-electron chi connectivity index (χ0n) is 12.1. The number of para-hydroxylation sites is 1. The van der Waals surface area contributed by atoms with Crippen LogP contribution in [0, 0.1) is 5.92 Å². The Morgan fingerprint density at radius 1 is 1.29 bits per heavy atom. The molecule has 0 heterocycles. The summed E-state index contributed by atoms with van der Waals surface area (Å²) in [6.45, 7) is 0. The molecule has 2 N–H and O–H groups in total. The molecular formula is C14H20N2O4S. The largest absolute Gasteiger partial charge is 0.481 e. The number of nitrogens with zero attached hydrogens (tertiary/aromatic N) is 1. The standard InChI is InChI=1S/C14H20N2O4S/c1-16(2)21(19,20)13-6-4-3-5-12(13)15-11-8-7-10(9-11)14(17)18/h3-6,10-11,15H,7-9H2,1-2H3,(H,17,18)/t10-,11+/m1/s1. The average molecular weight is 312 g/mol. The molecule has 2 atom stereocenters. The highest BCUT2D eigenvalue weighted by molar-refractivity contribution is 7.89. The van der Waals surface area contributed by atoms with Gasteiger partial charge in [-0.2, -0.15) is 0 Å². The van der Waals surface area contributed by atoms with E-state index in [0.29, 0.717) is 18.5 Å². The second-order valence-corrected chi connectivity index (χ2v) is 7.59. The zero-order chi connectivity index (χ0) is 15.6. The molecule has 1 aliphatic rings. The third-order valence-corrected chi connectivity index (χ3v) is 5.66. The first kappa shape index (κ1) is 15.8. The van der Waals surface area contributed by atoms with Crippen LogP contribution in [0.15, 0.2) is 29.2 Å². The van der Waals surface area contributed by atoms with Crippen molar-refractivity contribution < 1.29 is 18.3 Å². The van der Waals surface area contributed by atoms with Crippen LogP contribution >= 0.6 is 0 Å². The van der Waals surface area contributed by atoms with Crippen LogP contribution in [0.3, 0.4) is 0 Å². The van der Waals surface area contributed by atoms with Crippen molar-refractivity contribution in [3.63, 3.8) is 0 Å². The second-order valence-electron chi connectivity index (χ2n) is 5.47. The predicted molar refractivity (Wildman–Crippen MR) is 79.7 cm³/mol. The van der Waals surface area contributed by atoms with Crippen molar-refractivity contribution in [3.05, 3.63) is 24.3 Å². The van der Waals surface area contributed by atoms with Crippen molar-refractivity contribution in [2.45, 2.75) is 30.2 Å². The number of hydrogen-bond acceptors (Lipinski definition) is 4. The number of carboxylic acid groups (broad SMARTS) is 1. The van der Waals surface area contributed by atoms with Crippen LogP contribution in [0.5, 0.6) is 0 Å². The maximum atomic E-state index is 12.3. The summed E-state index contributed by atoms with van der Waals surface area (Å²) in [5.41, 5.74) is 0.530. The molecule has 1 fully saturated rings. The average Bonchev–Trinajstić information content (AvgIpc) is 2.87. The van der Waals surface area contributed by atoms with Gasteiger partial charge in [-0.3, -0.25) is 4.79 Å². The lowest BCUT2D eigenvalue weighted by atomic mass is 10.1. The Labute approximate surface area is 124 Å². The molecule has 116 valence electrons. The maximum Gasteiger partial charge on any atom is 0.306 e. The summed E-state index contributed by atoms with van der Waals surface area (Å²) < 4.78 is 25.8. The molecule has 0 aromatic heterocycles. The molecule has 1 aromatic carbocycles. The molecule has 1 aliphatic carbocycles. The zero-order valence-corrected chi connectivity index (χ0v) is 12.9. The fourth-order valence-electron chi connectivity index (χ4n) is 2.56. The van der Waals surface area contributed by atoms with Crippen LogP contribution in [-0.2, 0) is 14.8 Å². The minimum absolute atomic E-state index is 0.00962. The van der Waals surface area contributed by atoms with Gasteiger partial charge in [-0.1, -0.05) is 12.1 Å². The Kier molecular flexibility index (Phi) is 4.53. The van der Waals surface area contributed by atoms with E-state index in [9.17, 15) is 13.2 Å². The predicted octanol–water partition coefficient (Wildman–Crippen LogP) is 1.60. The maximum absolute atomic E-state index is 12.3. The highest BCUT2D eigenvalue weighted by Gasteiger charge is 2.30. The van der Waals surface area contributed by atoms with E-state index >= 15 is 0 Å². The number of rotatable bonds is 5. The van der Waals surface area contributed by atoms with Gasteiger partial charge in [0, 0.05) is 20.1 Å². The Bertz CT molecular complexity index is 628. The van der Waals surface area contributed by atoms with Gasteiger partial charge in [-0.25, -0.2) is 12.7 Å². The van der Waals surface area contributed by atoms with Crippen LogP contribution in [-0.4, -0.2) is 43.9 Å². The fraction of sp³-hybridized carbons (Fsp3) is 0.500. The fourth-order valence-corrected chi connectivity index (χ4v) is 3.61. The number of carbonyl (C=O) groups is 1. The van der Waals surface area contributed by atoms with E-state index in [0.717, 1.165) is 6.42 Å². The quantitative estimate of drug-likeness (QED) is 0.862. The number of benzene rings is 1. The van der Waals surface area contributed by atoms with Crippen molar-refractivity contribution in [2.24, 2.45) is 5.92 Å². The highest BCUT2D eigenvalue weighted by Crippen LogP contribution is 2.31. The molecule has 1 saturated carbocycles. The van der Waals surface area contributed by atoms with E-state index in [1.165, 1.54) is 18.4 Å². The molecule has 21 heavy (non-hydrogen) atoms. The lowest BCUT2D eigenvalue weighted by Gasteiger charge is -2.19. The Balaban J connectivity index is 2.21. The van der Waals surface area contributed by atoms with Crippen LogP contribution < -0.4 is 5.32 Å². The first-order valence-electron chi connectivity index (χ1n) is 6.83. The summed E-state index contributed by atoms with van der Waals surface area (Å²) in [5.74, 6) is -1.13. The van der Waals surface area contributed by atoms with E-state index in [-0.39, 0.29) is 16.9 Å². The monoisotopic (exact) mass is 312 g/mol. The smallest absolute Gasteiger partial charge is 0.306 e. The molecule has 6 nitrogen and oxygen atoms in total. The van der Waals surface area contributed by atoms with Gasteiger partial charge in [-0.05, 0) is 31.4 Å². The van der Waals surface area contributed by atoms with Crippen molar-refractivity contribution in [1.29, 1.82) is 0 Å². The van der Waals surface area contributed by atoms with E-state index in [1.807, 2.05) is 0 Å². The summed E-state index contributed by atoms with van der Waals surface area (Å²) in [6.07, 6.45) is 1.87. The third kappa shape index (κ3) is 3.36. The first-order valence-corrected chi connectivity index (χ1v) is 8.27. The van der Waals surface area contributed by atoms with Crippen LogP contribution in [0.2, 0.25) is 0 Å². The summed E-state index contributed by atoms with van der Waals surface area (Å²) in [6, 6.07) is 6.70. The lowest BCUT2D eigenvalue weighted by Crippen LogP contribution is -2.25. The van der Waals surface area contributed by atoms with Crippen LogP contribution in [0.25, 0.3) is 0 Å². The van der Waals surface area contributed by atoms with Gasteiger partial charge >= 0.3 is 5.97 Å². The van der Waals surface area contributed by atoms with Crippen molar-refractivity contribution >= 4 is 21.7 Å². The van der Waals surface area contributed by atoms with Crippen LogP contribution in [0.4, 0.5) is 5.69 Å². The number of carboxylic acids is 1. The van der Waals surface area contributed by atoms with E-state index in [2.05, 4.69) is 5.32 Å². The summed E-state index contributed by atoms with van der Waals surface area (Å²) in [7, 11) is -0.548. The number of anilines is 1. The SMILES string of the molecule is CN(C)S(=O)(=O)c1ccccc1N[C@H]1CC[C@@H](C(=O)O)C1. The van der Waals surface area contributed by atoms with Gasteiger partial charge in [0.2, 0.25) is 10.0 Å². The second kappa shape index (κ2) is 6.03. The molecule has 7 heteroatoms. The van der Waals surface area contributed by atoms with Crippen molar-refractivity contribution in [1.82, 2.24) is 4.31 Å². The van der Waals surface area contributed by atoms with Gasteiger partial charge in [-0.15, -0.1) is 0 Å². The Morgan fingerprint density at radius 3 is 2.52 bits per heavy atom. The molecule has 0 amide bonds. The summed E-state index contributed by atoms with van der Waals surface area (Å²) >= 11 is 0. The Morgan fingerprint density at radius 2 is 1.95 bits per heavy atom. The van der Waals surface area contributed by atoms with Gasteiger partial charge in [0.15, 0.2) is 0 Å². The molecule has 0 spiro atoms. The van der Waals surface area contributed by atoms with Crippen molar-refractivity contribution in [3.8, 4) is 0 Å². The molecule has 1 aromatic rings. The molecule has 0 bridgehead atoms. The molecule has 0 radical (unpaired) electrons. The van der Waals surface area contributed by atoms with Gasteiger partial charge < -0.3 is 10.4 Å². The molecule has 0 saturated heterocycles. The first-order chi connectivity index (χ1) is 9.82. The minimum Gasteiger partial charge on any atom is -0.481 e. The topological polar surface area (TPSA) is 86.7 Å². The number of aliphatic carboxylic acids is 1.